The summed E-state index contributed by atoms with van der Waals surface area (Å²) in [5.74, 6) is 2.29. The van der Waals surface area contributed by atoms with Crippen LogP contribution in [0.25, 0.3) is 0 Å². The minimum Gasteiger partial charge on any atom is -0.530 e. The normalized spacial score (nSPS) is 22.1. The Morgan fingerprint density at radius 1 is 0.906 bits per heavy atom. The summed E-state index contributed by atoms with van der Waals surface area (Å²) in [7, 11) is 0. The maximum atomic E-state index is 12.0. The average Bonchev–Trinajstić information content (AvgIpc) is 3.35. The molecule has 5 rings (SSSR count). The van der Waals surface area contributed by atoms with Gasteiger partial charge in [0.1, 0.15) is 17.6 Å². The number of para-hydroxylation sites is 1. The molecule has 3 aromatic carbocycles. The summed E-state index contributed by atoms with van der Waals surface area (Å²) in [5, 5.41) is 12.0. The van der Waals surface area contributed by atoms with Gasteiger partial charge in [0.2, 0.25) is 0 Å². The van der Waals surface area contributed by atoms with Gasteiger partial charge in [0, 0.05) is 31.4 Å². The number of likely N-dealkylation sites (tertiary alicyclic amines) is 1. The smallest absolute Gasteiger partial charge is 0.141 e. The van der Waals surface area contributed by atoms with E-state index in [9.17, 15) is 9.90 Å². The summed E-state index contributed by atoms with van der Waals surface area (Å²) < 4.78 is 5.83. The van der Waals surface area contributed by atoms with Crippen LogP contribution in [0.4, 0.5) is 10.5 Å². The lowest BCUT2D eigenvalue weighted by Gasteiger charge is -2.31. The van der Waals surface area contributed by atoms with Gasteiger partial charge in [0.25, 0.3) is 0 Å². The molecule has 3 unspecified atom stereocenters. The molecule has 1 saturated carbocycles. The van der Waals surface area contributed by atoms with Crippen LogP contribution in [0.3, 0.4) is 0 Å². The molecule has 1 saturated heterocycles. The zero-order valence-corrected chi connectivity index (χ0v) is 18.0. The lowest BCUT2D eigenvalue weighted by Crippen LogP contribution is -2.46. The molecule has 0 N–H and O–H groups in total. The van der Waals surface area contributed by atoms with E-state index in [0.29, 0.717) is 35.9 Å². The van der Waals surface area contributed by atoms with Crippen molar-refractivity contribution in [1.82, 2.24) is 4.90 Å². The minimum absolute atomic E-state index is 0.330. The molecule has 2 fully saturated rings. The van der Waals surface area contributed by atoms with Crippen LogP contribution in [0.1, 0.15) is 18.4 Å². The number of anilines is 1. The van der Waals surface area contributed by atoms with Crippen molar-refractivity contribution in [3.05, 3.63) is 90.5 Å². The number of fused-ring (bicyclic) bond motifs is 2. The maximum Gasteiger partial charge on any atom is 0.141 e. The number of amides is 1. The van der Waals surface area contributed by atoms with E-state index in [0.717, 1.165) is 25.3 Å². The Morgan fingerprint density at radius 2 is 1.56 bits per heavy atom. The zero-order valence-electron chi connectivity index (χ0n) is 18.0. The van der Waals surface area contributed by atoms with Crippen LogP contribution >= 0.6 is 0 Å². The van der Waals surface area contributed by atoms with Crippen molar-refractivity contribution in [2.45, 2.75) is 25.4 Å². The number of carbonyl (C=O) groups is 1. The molecule has 164 valence electrons. The van der Waals surface area contributed by atoms with Crippen molar-refractivity contribution in [1.29, 1.82) is 0 Å². The highest BCUT2D eigenvalue weighted by molar-refractivity contribution is 5.84. The van der Waals surface area contributed by atoms with E-state index in [1.807, 2.05) is 48.5 Å². The molecule has 3 atom stereocenters. The van der Waals surface area contributed by atoms with Gasteiger partial charge in [0.15, 0.2) is 0 Å². The fraction of sp³-hybridized carbons (Fsp3) is 0.296. The van der Waals surface area contributed by atoms with Crippen molar-refractivity contribution in [2.75, 3.05) is 18.0 Å². The first-order chi connectivity index (χ1) is 15.7. The molecular weight excluding hydrogens is 400 g/mol. The SMILES string of the molecule is O=C([O-])N(CC1C2CCC1N(Cc1ccccc1)C2)c1ccc(Oc2ccccc2)cc1. The molecule has 3 aromatic rings. The highest BCUT2D eigenvalue weighted by Gasteiger charge is 2.47. The third-order valence-electron chi connectivity index (χ3n) is 6.84. The molecule has 2 aliphatic rings. The Kier molecular flexibility index (Phi) is 5.82. The predicted molar refractivity (Wildman–Crippen MR) is 123 cm³/mol. The second-order valence-corrected chi connectivity index (χ2v) is 8.77. The minimum atomic E-state index is -1.15. The Hall–Kier alpha value is -3.31. The van der Waals surface area contributed by atoms with Gasteiger partial charge in [-0.2, -0.15) is 0 Å². The van der Waals surface area contributed by atoms with E-state index in [1.165, 1.54) is 16.9 Å². The van der Waals surface area contributed by atoms with Gasteiger partial charge in [-0.05, 0) is 66.6 Å². The van der Waals surface area contributed by atoms with Crippen LogP contribution in [-0.2, 0) is 6.54 Å². The molecular formula is C27H27N2O3-. The van der Waals surface area contributed by atoms with Gasteiger partial charge in [-0.3, -0.25) is 4.90 Å². The predicted octanol–water partition coefficient (Wildman–Crippen LogP) is 4.54. The largest absolute Gasteiger partial charge is 0.530 e. The topological polar surface area (TPSA) is 55.8 Å². The highest BCUT2D eigenvalue weighted by Crippen LogP contribution is 2.44. The first-order valence-corrected chi connectivity index (χ1v) is 11.3. The Morgan fingerprint density at radius 3 is 2.25 bits per heavy atom. The molecule has 2 bridgehead atoms. The molecule has 0 radical (unpaired) electrons. The fourth-order valence-electron chi connectivity index (χ4n) is 5.33. The summed E-state index contributed by atoms with van der Waals surface area (Å²) in [5.41, 5.74) is 1.94. The monoisotopic (exact) mass is 427 g/mol. The van der Waals surface area contributed by atoms with E-state index in [4.69, 9.17) is 4.74 Å². The number of hydrogen-bond donors (Lipinski definition) is 0. The number of nitrogens with zero attached hydrogens (tertiary/aromatic N) is 2. The third kappa shape index (κ3) is 4.34. The Bertz CT molecular complexity index is 1040. The molecule has 0 aromatic heterocycles. The molecule has 1 aliphatic heterocycles. The van der Waals surface area contributed by atoms with Crippen LogP contribution in [0, 0.1) is 11.8 Å². The molecule has 0 spiro atoms. The lowest BCUT2D eigenvalue weighted by atomic mass is 9.97. The van der Waals surface area contributed by atoms with Gasteiger partial charge < -0.3 is 19.5 Å². The number of carbonyl (C=O) groups excluding carboxylic acids is 1. The van der Waals surface area contributed by atoms with E-state index < -0.39 is 6.09 Å². The van der Waals surface area contributed by atoms with Crippen LogP contribution in [-0.4, -0.2) is 30.1 Å². The van der Waals surface area contributed by atoms with Crippen LogP contribution in [0.5, 0.6) is 11.5 Å². The van der Waals surface area contributed by atoms with E-state index in [-0.39, 0.29) is 0 Å². The molecule has 1 heterocycles. The number of hydrogen-bond acceptors (Lipinski definition) is 4. The van der Waals surface area contributed by atoms with E-state index in [1.54, 1.807) is 12.1 Å². The van der Waals surface area contributed by atoms with Gasteiger partial charge in [-0.25, -0.2) is 0 Å². The van der Waals surface area contributed by atoms with Crippen LogP contribution in [0.15, 0.2) is 84.9 Å². The molecule has 1 aliphatic carbocycles. The molecule has 5 nitrogen and oxygen atoms in total. The second kappa shape index (κ2) is 9.05. The quantitative estimate of drug-likeness (QED) is 0.556. The van der Waals surface area contributed by atoms with Crippen LogP contribution < -0.4 is 14.7 Å². The second-order valence-electron chi connectivity index (χ2n) is 8.77. The number of rotatable bonds is 7. The number of benzene rings is 3. The van der Waals surface area contributed by atoms with Gasteiger partial charge in [-0.1, -0.05) is 48.5 Å². The van der Waals surface area contributed by atoms with Crippen molar-refractivity contribution in [3.8, 4) is 11.5 Å². The number of ether oxygens (including phenoxy) is 1. The number of piperidine rings is 1. The Labute approximate surface area is 188 Å². The summed E-state index contributed by atoms with van der Waals surface area (Å²) >= 11 is 0. The zero-order chi connectivity index (χ0) is 21.9. The lowest BCUT2D eigenvalue weighted by molar-refractivity contribution is -0.246. The van der Waals surface area contributed by atoms with Crippen molar-refractivity contribution < 1.29 is 14.6 Å². The highest BCUT2D eigenvalue weighted by atomic mass is 16.5. The first-order valence-electron chi connectivity index (χ1n) is 11.3. The fourth-order valence-corrected chi connectivity index (χ4v) is 5.33. The maximum absolute atomic E-state index is 12.0. The molecule has 1 amide bonds. The summed E-state index contributed by atoms with van der Waals surface area (Å²) in [6.45, 7) is 2.44. The summed E-state index contributed by atoms with van der Waals surface area (Å²) in [4.78, 5) is 16.0. The van der Waals surface area contributed by atoms with Crippen molar-refractivity contribution in [2.24, 2.45) is 11.8 Å². The van der Waals surface area contributed by atoms with E-state index >= 15 is 0 Å². The Balaban J connectivity index is 1.27. The third-order valence-corrected chi connectivity index (χ3v) is 6.84. The van der Waals surface area contributed by atoms with Crippen molar-refractivity contribution in [3.63, 3.8) is 0 Å². The van der Waals surface area contributed by atoms with Gasteiger partial charge in [-0.15, -0.1) is 0 Å². The number of carboxylic acid groups (broad SMARTS) is 1. The van der Waals surface area contributed by atoms with E-state index in [2.05, 4.69) is 29.2 Å². The first kappa shape index (κ1) is 20.6. The summed E-state index contributed by atoms with van der Waals surface area (Å²) in [6.07, 6.45) is 1.15. The standard InChI is InChI=1S/C27H28N2O3/c30-27(31)29(22-12-14-24(15-13-22)32-23-9-5-2-6-10-23)19-25-21-11-16-26(25)28(18-21)17-20-7-3-1-4-8-20/h1-10,12-15,21,25-26H,11,16-19H2,(H,30,31)/p-1. The van der Waals surface area contributed by atoms with Crippen molar-refractivity contribution >= 4 is 11.8 Å². The molecule has 32 heavy (non-hydrogen) atoms. The molecule has 5 heteroatoms. The summed E-state index contributed by atoms with van der Waals surface area (Å²) in [6, 6.07) is 27.7. The average molecular weight is 428 g/mol. The van der Waals surface area contributed by atoms with Gasteiger partial charge in [0.05, 0.1) is 0 Å². The van der Waals surface area contributed by atoms with Crippen LogP contribution in [0.2, 0.25) is 0 Å². The van der Waals surface area contributed by atoms with Gasteiger partial charge >= 0.3 is 0 Å².